The number of rotatable bonds is 13. The second-order valence-corrected chi connectivity index (χ2v) is 9.01. The lowest BCUT2D eigenvalue weighted by atomic mass is 10.1. The number of ether oxygens (including phenoxy) is 2. The standard InChI is InChI=1S/C22H26N4O8S/c1-15-3-9-19(10-4-15)35(30,31)34-14-17(27)13-33-18-7-5-16(6-8-18)11-20(22(29)32-2)25-21(28)12-24-26-23/h3-10,17,20,27H,11-14H2,1-2H3,(H,25,28)/t17-,20-/m0/s1. The number of hydrogen-bond donors (Lipinski definition) is 2. The fourth-order valence-electron chi connectivity index (χ4n) is 2.81. The van der Waals surface area contributed by atoms with E-state index in [1.807, 2.05) is 6.92 Å². The third-order valence-electron chi connectivity index (χ3n) is 4.63. The molecule has 0 aliphatic rings. The number of azide groups is 1. The van der Waals surface area contributed by atoms with Gasteiger partial charge in [-0.05, 0) is 42.3 Å². The zero-order chi connectivity index (χ0) is 25.8. The summed E-state index contributed by atoms with van der Waals surface area (Å²) in [6.07, 6.45) is -1.09. The van der Waals surface area contributed by atoms with Crippen LogP contribution in [-0.4, -0.2) is 64.4 Å². The quantitative estimate of drug-likeness (QED) is 0.135. The molecule has 0 unspecified atom stereocenters. The molecule has 1 amide bonds. The second kappa shape index (κ2) is 13.3. The van der Waals surface area contributed by atoms with Crippen LogP contribution in [0.3, 0.4) is 0 Å². The molecule has 2 aromatic rings. The van der Waals surface area contributed by atoms with E-state index in [4.69, 9.17) is 19.2 Å². The first kappa shape index (κ1) is 27.6. The number of amides is 1. The Labute approximate surface area is 202 Å². The van der Waals surface area contributed by atoms with Gasteiger partial charge in [0.25, 0.3) is 10.1 Å². The summed E-state index contributed by atoms with van der Waals surface area (Å²) in [6, 6.07) is 11.6. The minimum atomic E-state index is -4.00. The van der Waals surface area contributed by atoms with E-state index in [0.717, 1.165) is 5.56 Å². The second-order valence-electron chi connectivity index (χ2n) is 7.40. The number of aliphatic hydroxyl groups is 1. The molecule has 0 aliphatic heterocycles. The van der Waals surface area contributed by atoms with E-state index < -0.39 is 47.3 Å². The Bertz CT molecular complexity index is 1150. The van der Waals surface area contributed by atoms with Crippen molar-refractivity contribution in [1.29, 1.82) is 0 Å². The summed E-state index contributed by atoms with van der Waals surface area (Å²) in [5.41, 5.74) is 9.86. The van der Waals surface area contributed by atoms with Crippen LogP contribution in [0.1, 0.15) is 11.1 Å². The highest BCUT2D eigenvalue weighted by atomic mass is 32.2. The van der Waals surface area contributed by atoms with Gasteiger partial charge in [-0.1, -0.05) is 34.9 Å². The maximum absolute atomic E-state index is 12.2. The Hall–Kier alpha value is -3.64. The van der Waals surface area contributed by atoms with Gasteiger partial charge in [-0.25, -0.2) is 4.79 Å². The van der Waals surface area contributed by atoms with Gasteiger partial charge < -0.3 is 19.9 Å². The summed E-state index contributed by atoms with van der Waals surface area (Å²) in [5.74, 6) is -0.904. The third-order valence-corrected chi connectivity index (χ3v) is 5.93. The molecule has 35 heavy (non-hydrogen) atoms. The largest absolute Gasteiger partial charge is 0.491 e. The number of carbonyl (C=O) groups is 2. The minimum absolute atomic E-state index is 0.00829. The van der Waals surface area contributed by atoms with Crippen molar-refractivity contribution in [3.8, 4) is 5.75 Å². The van der Waals surface area contributed by atoms with Crippen LogP contribution in [0.4, 0.5) is 0 Å². The predicted molar refractivity (Wildman–Crippen MR) is 124 cm³/mol. The highest BCUT2D eigenvalue weighted by Gasteiger charge is 2.22. The normalized spacial score (nSPS) is 12.7. The van der Waals surface area contributed by atoms with Crippen molar-refractivity contribution in [3.05, 3.63) is 70.1 Å². The van der Waals surface area contributed by atoms with Crippen LogP contribution in [0.5, 0.6) is 5.75 Å². The number of esters is 1. The van der Waals surface area contributed by atoms with Gasteiger partial charge in [0, 0.05) is 11.3 Å². The van der Waals surface area contributed by atoms with E-state index in [-0.39, 0.29) is 17.9 Å². The van der Waals surface area contributed by atoms with E-state index in [9.17, 15) is 23.1 Å². The molecule has 0 aliphatic carbocycles. The molecular formula is C22H26N4O8S. The van der Waals surface area contributed by atoms with Gasteiger partial charge in [-0.2, -0.15) is 8.42 Å². The van der Waals surface area contributed by atoms with Crippen molar-refractivity contribution in [2.75, 3.05) is 26.9 Å². The molecule has 0 heterocycles. The van der Waals surface area contributed by atoms with E-state index in [0.29, 0.717) is 11.3 Å². The van der Waals surface area contributed by atoms with Gasteiger partial charge in [0.1, 0.15) is 31.0 Å². The van der Waals surface area contributed by atoms with Crippen LogP contribution < -0.4 is 10.1 Å². The van der Waals surface area contributed by atoms with E-state index >= 15 is 0 Å². The molecule has 2 rings (SSSR count). The zero-order valence-corrected chi connectivity index (χ0v) is 20.0. The fraction of sp³-hybridized carbons (Fsp3) is 0.364. The van der Waals surface area contributed by atoms with Crippen molar-refractivity contribution in [2.24, 2.45) is 5.11 Å². The highest BCUT2D eigenvalue weighted by Crippen LogP contribution is 2.16. The van der Waals surface area contributed by atoms with Crippen LogP contribution in [0.15, 0.2) is 58.5 Å². The van der Waals surface area contributed by atoms with Crippen molar-refractivity contribution >= 4 is 22.0 Å². The monoisotopic (exact) mass is 506 g/mol. The Morgan fingerprint density at radius 3 is 2.37 bits per heavy atom. The molecule has 13 heteroatoms. The first-order valence-corrected chi connectivity index (χ1v) is 11.8. The molecule has 0 aromatic heterocycles. The molecule has 0 fully saturated rings. The van der Waals surface area contributed by atoms with E-state index in [2.05, 4.69) is 15.3 Å². The van der Waals surface area contributed by atoms with Crippen LogP contribution >= 0.6 is 0 Å². The maximum atomic E-state index is 12.2. The van der Waals surface area contributed by atoms with Crippen molar-refractivity contribution in [3.63, 3.8) is 0 Å². The molecule has 2 aromatic carbocycles. The molecule has 2 N–H and O–H groups in total. The first-order chi connectivity index (χ1) is 16.6. The number of methoxy groups -OCH3 is 1. The number of nitrogens with zero attached hydrogens (tertiary/aromatic N) is 3. The minimum Gasteiger partial charge on any atom is -0.491 e. The van der Waals surface area contributed by atoms with Crippen molar-refractivity contribution in [2.45, 2.75) is 30.4 Å². The van der Waals surface area contributed by atoms with Gasteiger partial charge in [-0.3, -0.25) is 8.98 Å². The predicted octanol–water partition coefficient (Wildman–Crippen LogP) is 1.65. The number of carbonyl (C=O) groups excluding carboxylic acids is 2. The molecule has 0 saturated heterocycles. The van der Waals surface area contributed by atoms with Crippen molar-refractivity contribution < 1.29 is 36.8 Å². The summed E-state index contributed by atoms with van der Waals surface area (Å²) in [4.78, 5) is 26.2. The highest BCUT2D eigenvalue weighted by molar-refractivity contribution is 7.86. The summed E-state index contributed by atoms with van der Waals surface area (Å²) < 4.78 is 39.4. The molecule has 0 saturated carbocycles. The van der Waals surface area contributed by atoms with E-state index in [1.165, 1.54) is 19.2 Å². The molecule has 12 nitrogen and oxygen atoms in total. The molecule has 0 radical (unpaired) electrons. The van der Waals surface area contributed by atoms with Gasteiger partial charge in [0.05, 0.1) is 18.6 Å². The van der Waals surface area contributed by atoms with Crippen LogP contribution in [0.25, 0.3) is 10.4 Å². The summed E-state index contributed by atoms with van der Waals surface area (Å²) in [5, 5.41) is 15.6. The van der Waals surface area contributed by atoms with Gasteiger partial charge in [0.2, 0.25) is 5.91 Å². The number of aryl methyl sites for hydroxylation is 1. The number of hydrogen-bond acceptors (Lipinski definition) is 9. The lowest BCUT2D eigenvalue weighted by Crippen LogP contribution is -2.43. The SMILES string of the molecule is COC(=O)[C@H](Cc1ccc(OC[C@H](O)COS(=O)(=O)c2ccc(C)cc2)cc1)NC(=O)CN=[N+]=[N-]. The molecular weight excluding hydrogens is 480 g/mol. The Morgan fingerprint density at radius 1 is 1.11 bits per heavy atom. The Kier molecular flexibility index (Phi) is 10.5. The fourth-order valence-corrected chi connectivity index (χ4v) is 3.75. The van der Waals surface area contributed by atoms with E-state index in [1.54, 1.807) is 36.4 Å². The first-order valence-electron chi connectivity index (χ1n) is 10.4. The molecule has 2 atom stereocenters. The lowest BCUT2D eigenvalue weighted by molar-refractivity contribution is -0.144. The average Bonchev–Trinajstić information content (AvgIpc) is 2.85. The van der Waals surface area contributed by atoms with Crippen LogP contribution in [-0.2, 0) is 35.0 Å². The summed E-state index contributed by atoms with van der Waals surface area (Å²) >= 11 is 0. The maximum Gasteiger partial charge on any atom is 0.328 e. The number of benzene rings is 2. The third kappa shape index (κ3) is 9.26. The lowest BCUT2D eigenvalue weighted by Gasteiger charge is -2.16. The molecule has 188 valence electrons. The van der Waals surface area contributed by atoms with Crippen LogP contribution in [0, 0.1) is 6.92 Å². The van der Waals surface area contributed by atoms with Crippen LogP contribution in [0.2, 0.25) is 0 Å². The zero-order valence-electron chi connectivity index (χ0n) is 19.2. The summed E-state index contributed by atoms with van der Waals surface area (Å²) in [6.45, 7) is 0.678. The Morgan fingerprint density at radius 2 is 1.77 bits per heavy atom. The smallest absolute Gasteiger partial charge is 0.328 e. The summed E-state index contributed by atoms with van der Waals surface area (Å²) in [7, 11) is -2.81. The number of aliphatic hydroxyl groups excluding tert-OH is 1. The average molecular weight is 507 g/mol. The number of nitrogens with one attached hydrogen (secondary N) is 1. The molecule has 0 bridgehead atoms. The van der Waals surface area contributed by atoms with Crippen molar-refractivity contribution in [1.82, 2.24) is 5.32 Å². The molecule has 0 spiro atoms. The van der Waals surface area contributed by atoms with Gasteiger partial charge >= 0.3 is 5.97 Å². The van der Waals surface area contributed by atoms with Gasteiger partial charge in [-0.15, -0.1) is 0 Å². The van der Waals surface area contributed by atoms with Gasteiger partial charge in [0.15, 0.2) is 0 Å². The Balaban J connectivity index is 1.87. The topological polar surface area (TPSA) is 177 Å².